The van der Waals surface area contributed by atoms with Crippen LogP contribution in [0.3, 0.4) is 0 Å². The van der Waals surface area contributed by atoms with Crippen molar-refractivity contribution in [1.29, 1.82) is 0 Å². The molecule has 1 aromatic carbocycles. The molecule has 0 fully saturated rings. The van der Waals surface area contributed by atoms with Crippen LogP contribution in [0.15, 0.2) is 12.1 Å². The minimum absolute atomic E-state index is 0.0115. The fraction of sp³-hybridized carbons (Fsp3) is 0.500. The van der Waals surface area contributed by atoms with Crippen LogP contribution in [0.25, 0.3) is 0 Å². The van der Waals surface area contributed by atoms with Crippen LogP contribution in [0.1, 0.15) is 37.6 Å². The molecule has 0 saturated carbocycles. The minimum atomic E-state index is -0.758. The molecule has 3 nitrogen and oxygen atoms in total. The van der Waals surface area contributed by atoms with Gasteiger partial charge < -0.3 is 10.2 Å². The van der Waals surface area contributed by atoms with E-state index in [1.54, 1.807) is 4.90 Å². The fourth-order valence-electron chi connectivity index (χ4n) is 1.94. The number of hydrogen-bond donors (Lipinski definition) is 1. The summed E-state index contributed by atoms with van der Waals surface area (Å²) in [5, 5.41) is 2.43. The molecule has 0 radical (unpaired) electrons. The summed E-state index contributed by atoms with van der Waals surface area (Å²) in [7, 11) is 1.43. The Hall–Kier alpha value is -1.65. The molecule has 0 bridgehead atoms. The molecule has 106 valence electrons. The number of benzene rings is 1. The Morgan fingerprint density at radius 1 is 1.32 bits per heavy atom. The van der Waals surface area contributed by atoms with E-state index in [4.69, 9.17) is 0 Å². The highest BCUT2D eigenvalue weighted by molar-refractivity contribution is 5.94. The van der Waals surface area contributed by atoms with Crippen LogP contribution in [0.2, 0.25) is 0 Å². The summed E-state index contributed by atoms with van der Waals surface area (Å²) < 4.78 is 27.3. The van der Waals surface area contributed by atoms with Crippen LogP contribution in [0.4, 0.5) is 14.5 Å². The fourth-order valence-corrected chi connectivity index (χ4v) is 1.94. The van der Waals surface area contributed by atoms with Gasteiger partial charge in [0.05, 0.1) is 0 Å². The lowest BCUT2D eigenvalue weighted by atomic mass is 10.1. The maximum atomic E-state index is 13.6. The van der Waals surface area contributed by atoms with E-state index in [1.165, 1.54) is 7.05 Å². The van der Waals surface area contributed by atoms with Gasteiger partial charge in [0, 0.05) is 25.2 Å². The second kappa shape index (κ2) is 6.50. The average Bonchev–Trinajstić information content (AvgIpc) is 2.34. The lowest BCUT2D eigenvalue weighted by Crippen LogP contribution is -2.37. The molecule has 0 aliphatic carbocycles. The Kier molecular flexibility index (Phi) is 5.27. The normalized spacial score (nSPS) is 10.7. The number of nitrogens with zero attached hydrogens (tertiary/aromatic N) is 1. The van der Waals surface area contributed by atoms with Gasteiger partial charge in [-0.05, 0) is 32.4 Å². The number of rotatable bonds is 5. The first-order chi connectivity index (χ1) is 8.92. The largest absolute Gasteiger partial charge is 0.383 e. The summed E-state index contributed by atoms with van der Waals surface area (Å²) in [5.41, 5.74) is -0.181. The van der Waals surface area contributed by atoms with Crippen LogP contribution < -0.4 is 5.32 Å². The first kappa shape index (κ1) is 15.4. The molecule has 0 saturated heterocycles. The molecular weight excluding hydrogens is 250 g/mol. The van der Waals surface area contributed by atoms with Crippen LogP contribution in [-0.4, -0.2) is 30.4 Å². The zero-order valence-corrected chi connectivity index (χ0v) is 11.8. The van der Waals surface area contributed by atoms with Crippen molar-refractivity contribution in [2.75, 3.05) is 18.9 Å². The number of hydrogen-bond acceptors (Lipinski definition) is 2. The molecule has 0 atom stereocenters. The molecule has 0 heterocycles. The van der Waals surface area contributed by atoms with Crippen molar-refractivity contribution >= 4 is 11.6 Å². The second-order valence-electron chi connectivity index (χ2n) is 4.66. The number of amides is 1. The van der Waals surface area contributed by atoms with E-state index in [0.29, 0.717) is 6.54 Å². The highest BCUT2D eigenvalue weighted by Gasteiger charge is 2.21. The summed E-state index contributed by atoms with van der Waals surface area (Å²) >= 11 is 0. The van der Waals surface area contributed by atoms with E-state index in [9.17, 15) is 13.6 Å². The van der Waals surface area contributed by atoms with Gasteiger partial charge in [0.15, 0.2) is 0 Å². The van der Waals surface area contributed by atoms with Gasteiger partial charge in [-0.25, -0.2) is 8.78 Å². The van der Waals surface area contributed by atoms with Crippen LogP contribution in [-0.2, 0) is 0 Å². The van der Waals surface area contributed by atoms with Crippen molar-refractivity contribution in [1.82, 2.24) is 4.90 Å². The number of anilines is 1. The number of carbonyl (C=O) groups is 1. The third kappa shape index (κ3) is 3.43. The van der Waals surface area contributed by atoms with Gasteiger partial charge >= 0.3 is 0 Å². The number of carbonyl (C=O) groups excluding carboxylic acids is 1. The summed E-state index contributed by atoms with van der Waals surface area (Å²) in [4.78, 5) is 13.9. The van der Waals surface area contributed by atoms with Crippen molar-refractivity contribution < 1.29 is 13.6 Å². The third-order valence-corrected chi connectivity index (χ3v) is 2.89. The van der Waals surface area contributed by atoms with E-state index >= 15 is 0 Å². The first-order valence-corrected chi connectivity index (χ1v) is 6.40. The molecule has 0 aliphatic rings. The highest BCUT2D eigenvalue weighted by atomic mass is 19.1. The maximum absolute atomic E-state index is 13.6. The van der Waals surface area contributed by atoms with Gasteiger partial charge in [-0.2, -0.15) is 0 Å². The SMILES string of the molecule is CCCN(C(=O)c1cc(F)c(NC)c(F)c1)C(C)C. The Bertz CT molecular complexity index is 438. The molecular formula is C14H20F2N2O. The van der Waals surface area contributed by atoms with Crippen molar-refractivity contribution in [3.8, 4) is 0 Å². The monoisotopic (exact) mass is 270 g/mol. The number of halogens is 2. The van der Waals surface area contributed by atoms with Crippen LogP contribution >= 0.6 is 0 Å². The number of nitrogens with one attached hydrogen (secondary N) is 1. The van der Waals surface area contributed by atoms with Crippen molar-refractivity contribution in [3.05, 3.63) is 29.3 Å². The van der Waals surface area contributed by atoms with E-state index < -0.39 is 11.6 Å². The highest BCUT2D eigenvalue weighted by Crippen LogP contribution is 2.21. The van der Waals surface area contributed by atoms with E-state index in [-0.39, 0.29) is 23.2 Å². The molecule has 0 aliphatic heterocycles. The topological polar surface area (TPSA) is 32.3 Å². The van der Waals surface area contributed by atoms with Gasteiger partial charge in [0.25, 0.3) is 5.91 Å². The predicted molar refractivity (Wildman–Crippen MR) is 72.4 cm³/mol. The molecule has 0 unspecified atom stereocenters. The Labute approximate surface area is 112 Å². The summed E-state index contributed by atoms with van der Waals surface area (Å²) in [5.74, 6) is -1.87. The van der Waals surface area contributed by atoms with Gasteiger partial charge in [0.2, 0.25) is 0 Å². The quantitative estimate of drug-likeness (QED) is 0.890. The zero-order chi connectivity index (χ0) is 14.6. The smallest absolute Gasteiger partial charge is 0.254 e. The Morgan fingerprint density at radius 3 is 2.21 bits per heavy atom. The molecule has 1 N–H and O–H groups in total. The average molecular weight is 270 g/mol. The van der Waals surface area contributed by atoms with Crippen molar-refractivity contribution in [2.45, 2.75) is 33.2 Å². The first-order valence-electron chi connectivity index (χ1n) is 6.40. The van der Waals surface area contributed by atoms with Gasteiger partial charge in [-0.1, -0.05) is 6.92 Å². The van der Waals surface area contributed by atoms with Crippen LogP contribution in [0.5, 0.6) is 0 Å². The third-order valence-electron chi connectivity index (χ3n) is 2.89. The molecule has 1 amide bonds. The van der Waals surface area contributed by atoms with E-state index in [1.807, 2.05) is 20.8 Å². The summed E-state index contributed by atoms with van der Waals surface area (Å²) in [6.45, 7) is 6.27. The molecule has 0 spiro atoms. The maximum Gasteiger partial charge on any atom is 0.254 e. The van der Waals surface area contributed by atoms with Crippen molar-refractivity contribution in [3.63, 3.8) is 0 Å². The lowest BCUT2D eigenvalue weighted by molar-refractivity contribution is 0.0705. The minimum Gasteiger partial charge on any atom is -0.383 e. The molecule has 0 aromatic heterocycles. The van der Waals surface area contributed by atoms with Crippen LogP contribution in [0, 0.1) is 11.6 Å². The second-order valence-corrected chi connectivity index (χ2v) is 4.66. The van der Waals surface area contributed by atoms with E-state index in [2.05, 4.69) is 5.32 Å². The molecule has 1 aromatic rings. The zero-order valence-electron chi connectivity index (χ0n) is 11.8. The Morgan fingerprint density at radius 2 is 1.84 bits per heavy atom. The van der Waals surface area contributed by atoms with E-state index in [0.717, 1.165) is 18.6 Å². The Balaban J connectivity index is 3.12. The summed E-state index contributed by atoms with van der Waals surface area (Å²) in [6, 6.07) is 2.13. The standard InChI is InChI=1S/C14H20F2N2O/c1-5-6-18(9(2)3)14(19)10-7-11(15)13(17-4)12(16)8-10/h7-9,17H,5-6H2,1-4H3. The van der Waals surface area contributed by atoms with Gasteiger partial charge in [0.1, 0.15) is 17.3 Å². The molecule has 1 rings (SSSR count). The molecule has 19 heavy (non-hydrogen) atoms. The van der Waals surface area contributed by atoms with Gasteiger partial charge in [-0.3, -0.25) is 4.79 Å². The van der Waals surface area contributed by atoms with Gasteiger partial charge in [-0.15, -0.1) is 0 Å². The van der Waals surface area contributed by atoms with Crippen molar-refractivity contribution in [2.24, 2.45) is 0 Å². The predicted octanol–water partition coefficient (Wildman–Crippen LogP) is 3.27. The lowest BCUT2D eigenvalue weighted by Gasteiger charge is -2.26. The summed E-state index contributed by atoms with van der Waals surface area (Å²) in [6.07, 6.45) is 0.795. The molecule has 5 heteroatoms.